The zero-order chi connectivity index (χ0) is 32.0. The summed E-state index contributed by atoms with van der Waals surface area (Å²) >= 11 is 0. The minimum atomic E-state index is -1.92. The third-order valence-corrected chi connectivity index (χ3v) is 7.53. The molecule has 0 amide bonds. The number of aliphatic hydroxyl groups is 6. The van der Waals surface area contributed by atoms with Crippen LogP contribution in [0.15, 0.2) is 39.5 Å². The summed E-state index contributed by atoms with van der Waals surface area (Å²) in [6.45, 7) is 0.681. The van der Waals surface area contributed by atoms with Crippen LogP contribution in [0.5, 0.6) is 28.7 Å². The van der Waals surface area contributed by atoms with Crippen molar-refractivity contribution in [1.82, 2.24) is 0 Å². The second-order valence-electron chi connectivity index (χ2n) is 10.4. The number of aliphatic hydroxyl groups excluding tert-OH is 6. The van der Waals surface area contributed by atoms with Crippen LogP contribution in [-0.4, -0.2) is 121 Å². The van der Waals surface area contributed by atoms with Crippen molar-refractivity contribution in [3.05, 3.63) is 40.6 Å². The molecule has 10 unspecified atom stereocenters. The van der Waals surface area contributed by atoms with E-state index in [1.165, 1.54) is 26.2 Å². The highest BCUT2D eigenvalue weighted by Crippen LogP contribution is 2.40. The van der Waals surface area contributed by atoms with Gasteiger partial charge in [-0.1, -0.05) is 0 Å². The summed E-state index contributed by atoms with van der Waals surface area (Å²) in [5.74, 6) is -2.30. The van der Waals surface area contributed by atoms with Gasteiger partial charge in [-0.15, -0.1) is 0 Å². The highest BCUT2D eigenvalue weighted by atomic mass is 16.7. The molecule has 0 spiro atoms. The molecule has 2 saturated heterocycles. The van der Waals surface area contributed by atoms with E-state index in [9.17, 15) is 50.8 Å². The summed E-state index contributed by atoms with van der Waals surface area (Å²) in [5, 5.41) is 91.9. The van der Waals surface area contributed by atoms with Crippen LogP contribution in [0.4, 0.5) is 0 Å². The van der Waals surface area contributed by atoms with E-state index in [4.69, 9.17) is 28.1 Å². The van der Waals surface area contributed by atoms with Crippen molar-refractivity contribution in [2.45, 2.75) is 68.3 Å². The Hall–Kier alpha value is -3.71. The number of methoxy groups -OCH3 is 1. The summed E-state index contributed by atoms with van der Waals surface area (Å²) in [7, 11) is 1.33. The van der Waals surface area contributed by atoms with E-state index in [0.717, 1.165) is 18.2 Å². The van der Waals surface area contributed by atoms with E-state index in [2.05, 4.69) is 0 Å². The molecule has 5 rings (SSSR count). The van der Waals surface area contributed by atoms with Crippen molar-refractivity contribution in [3.8, 4) is 40.1 Å². The van der Waals surface area contributed by atoms with Crippen LogP contribution >= 0.6 is 0 Å². The maximum absolute atomic E-state index is 13.7. The first-order valence-corrected chi connectivity index (χ1v) is 13.4. The van der Waals surface area contributed by atoms with Crippen molar-refractivity contribution in [1.29, 1.82) is 0 Å². The number of ether oxygens (including phenoxy) is 5. The maximum atomic E-state index is 13.7. The van der Waals surface area contributed by atoms with Gasteiger partial charge in [0, 0.05) is 17.7 Å². The lowest BCUT2D eigenvalue weighted by Gasteiger charge is -2.45. The number of rotatable bonds is 7. The molecule has 3 heterocycles. The number of hydrogen-bond acceptors (Lipinski definition) is 16. The van der Waals surface area contributed by atoms with E-state index in [1.807, 2.05) is 0 Å². The molecule has 16 nitrogen and oxygen atoms in total. The summed E-state index contributed by atoms with van der Waals surface area (Å²) in [6.07, 6.45) is -16.2. The Morgan fingerprint density at radius 1 is 0.818 bits per heavy atom. The van der Waals surface area contributed by atoms with Gasteiger partial charge in [-0.25, -0.2) is 0 Å². The molecule has 16 heteroatoms. The number of fused-ring (bicyclic) bond motifs is 1. The molecule has 44 heavy (non-hydrogen) atoms. The lowest BCUT2D eigenvalue weighted by Crippen LogP contribution is -2.64. The first kappa shape index (κ1) is 31.7. The van der Waals surface area contributed by atoms with Crippen LogP contribution in [0.25, 0.3) is 22.3 Å². The Bertz CT molecular complexity index is 1550. The van der Waals surface area contributed by atoms with Gasteiger partial charge in [-0.3, -0.25) is 4.79 Å². The second kappa shape index (κ2) is 12.4. The fourth-order valence-corrected chi connectivity index (χ4v) is 5.08. The smallest absolute Gasteiger partial charge is 0.239 e. The van der Waals surface area contributed by atoms with Crippen LogP contribution in [0.3, 0.4) is 0 Å². The van der Waals surface area contributed by atoms with E-state index < -0.39 is 96.4 Å². The van der Waals surface area contributed by atoms with E-state index in [-0.39, 0.29) is 28.0 Å². The van der Waals surface area contributed by atoms with Gasteiger partial charge >= 0.3 is 0 Å². The number of hydrogen-bond donors (Lipinski definition) is 9. The molecular weight excluding hydrogens is 592 g/mol. The summed E-state index contributed by atoms with van der Waals surface area (Å²) in [5.41, 5.74) is -1.01. The highest BCUT2D eigenvalue weighted by molar-refractivity contribution is 5.88. The topological polar surface area (TPSA) is 258 Å². The standard InChI is InChI=1S/C28H32O16/c1-9-24(43-28-22(37)20(35)18(33)16(8-29)42-28)21(36)23(38)27(40-9)44-26-19(34)17-14(32)6-11(39-2)7-15(17)41-25(26)10-3-4-12(30)13(31)5-10/h3-7,9,16,18,20-24,27-33,35-38H,8H2,1-2H3. The zero-order valence-electron chi connectivity index (χ0n) is 23.3. The lowest BCUT2D eigenvalue weighted by atomic mass is 9.97. The largest absolute Gasteiger partial charge is 0.507 e. The van der Waals surface area contributed by atoms with Gasteiger partial charge in [0.05, 0.1) is 19.8 Å². The van der Waals surface area contributed by atoms with E-state index >= 15 is 0 Å². The first-order valence-electron chi connectivity index (χ1n) is 13.4. The van der Waals surface area contributed by atoms with Gasteiger partial charge in [-0.05, 0) is 25.1 Å². The predicted octanol–water partition coefficient (Wildman–Crippen LogP) is -1.38. The van der Waals surface area contributed by atoms with Crippen molar-refractivity contribution >= 4 is 11.0 Å². The molecule has 10 atom stereocenters. The molecule has 0 aliphatic carbocycles. The fourth-order valence-electron chi connectivity index (χ4n) is 5.08. The van der Waals surface area contributed by atoms with Crippen LogP contribution < -0.4 is 14.9 Å². The van der Waals surface area contributed by atoms with Crippen molar-refractivity contribution < 1.29 is 74.1 Å². The average Bonchev–Trinajstić information content (AvgIpc) is 2.99. The molecule has 2 aliphatic heterocycles. The number of aromatic hydroxyl groups is 3. The summed E-state index contributed by atoms with van der Waals surface area (Å²) in [6, 6.07) is 5.98. The molecule has 0 radical (unpaired) electrons. The lowest BCUT2D eigenvalue weighted by molar-refractivity contribution is -0.348. The van der Waals surface area contributed by atoms with Crippen LogP contribution in [0.1, 0.15) is 6.92 Å². The number of phenols is 3. The average molecular weight is 625 g/mol. The minimum absolute atomic E-state index is 0.0410. The Labute approximate surface area is 248 Å². The third kappa shape index (κ3) is 5.63. The molecule has 2 aliphatic rings. The highest BCUT2D eigenvalue weighted by Gasteiger charge is 2.50. The third-order valence-electron chi connectivity index (χ3n) is 7.53. The summed E-state index contributed by atoms with van der Waals surface area (Å²) < 4.78 is 33.4. The second-order valence-corrected chi connectivity index (χ2v) is 10.4. The van der Waals surface area contributed by atoms with E-state index in [0.29, 0.717) is 0 Å². The van der Waals surface area contributed by atoms with Gasteiger partial charge < -0.3 is 74.1 Å². The quantitative estimate of drug-likeness (QED) is 0.137. The van der Waals surface area contributed by atoms with Gasteiger partial charge in [-0.2, -0.15) is 0 Å². The van der Waals surface area contributed by atoms with Gasteiger partial charge in [0.1, 0.15) is 65.2 Å². The van der Waals surface area contributed by atoms with Crippen LogP contribution in [0.2, 0.25) is 0 Å². The van der Waals surface area contributed by atoms with Crippen molar-refractivity contribution in [3.63, 3.8) is 0 Å². The molecule has 240 valence electrons. The number of benzene rings is 2. The van der Waals surface area contributed by atoms with Crippen LogP contribution in [-0.2, 0) is 14.2 Å². The van der Waals surface area contributed by atoms with E-state index in [1.54, 1.807) is 0 Å². The van der Waals surface area contributed by atoms with Crippen molar-refractivity contribution in [2.75, 3.05) is 13.7 Å². The fraction of sp³-hybridized carbons (Fsp3) is 0.464. The summed E-state index contributed by atoms with van der Waals surface area (Å²) in [4.78, 5) is 13.7. The molecule has 0 saturated carbocycles. The van der Waals surface area contributed by atoms with Gasteiger partial charge in [0.15, 0.2) is 23.5 Å². The predicted molar refractivity (Wildman–Crippen MR) is 145 cm³/mol. The molecule has 9 N–H and O–H groups in total. The minimum Gasteiger partial charge on any atom is -0.507 e. The molecule has 1 aromatic heterocycles. The van der Waals surface area contributed by atoms with Gasteiger partial charge in [0.2, 0.25) is 17.5 Å². The van der Waals surface area contributed by atoms with Crippen LogP contribution in [0, 0.1) is 0 Å². The Kier molecular flexibility index (Phi) is 8.90. The molecule has 2 aromatic carbocycles. The maximum Gasteiger partial charge on any atom is 0.239 e. The van der Waals surface area contributed by atoms with Crippen molar-refractivity contribution in [2.24, 2.45) is 0 Å². The van der Waals surface area contributed by atoms with Gasteiger partial charge in [0.25, 0.3) is 0 Å². The molecule has 2 fully saturated rings. The zero-order valence-corrected chi connectivity index (χ0v) is 23.3. The Morgan fingerprint density at radius 3 is 2.18 bits per heavy atom. The Morgan fingerprint density at radius 2 is 1.52 bits per heavy atom. The Balaban J connectivity index is 1.48. The SMILES string of the molecule is COc1cc(O)c2c(=O)c(OC3OC(C)C(OC4OC(CO)C(O)C(O)C4O)C(O)C3O)c(-c3ccc(O)c(O)c3)oc2c1. The molecule has 0 bridgehead atoms. The molecule has 3 aromatic rings. The number of phenolic OH excluding ortho intramolecular Hbond substituents is 3. The molecular formula is C28H32O16. The monoisotopic (exact) mass is 624 g/mol. The first-order chi connectivity index (χ1) is 20.9. The normalized spacial score (nSPS) is 32.5.